The highest BCUT2D eigenvalue weighted by Crippen LogP contribution is 2.47. The summed E-state index contributed by atoms with van der Waals surface area (Å²) in [6, 6.07) is 0. The molecule has 15 heavy (non-hydrogen) atoms. The van der Waals surface area contributed by atoms with E-state index in [-0.39, 0.29) is 0 Å². The van der Waals surface area contributed by atoms with Gasteiger partial charge in [0.2, 0.25) is 0 Å². The number of carbonyl (C=O) groups is 1. The van der Waals surface area contributed by atoms with Gasteiger partial charge < -0.3 is 5.11 Å². The van der Waals surface area contributed by atoms with Gasteiger partial charge in [0.25, 0.3) is 0 Å². The maximum Gasteiger partial charge on any atom is 0.314 e. The van der Waals surface area contributed by atoms with Crippen LogP contribution in [0, 0.1) is 6.92 Å². The van der Waals surface area contributed by atoms with Crippen molar-refractivity contribution >= 4 is 17.6 Å². The minimum atomic E-state index is -0.785. The van der Waals surface area contributed by atoms with E-state index in [2.05, 4.69) is 5.10 Å². The lowest BCUT2D eigenvalue weighted by atomic mass is 9.64. The van der Waals surface area contributed by atoms with Crippen LogP contribution < -0.4 is 0 Å². The van der Waals surface area contributed by atoms with Crippen molar-refractivity contribution in [2.75, 3.05) is 0 Å². The van der Waals surface area contributed by atoms with Crippen LogP contribution in [-0.2, 0) is 17.3 Å². The monoisotopic (exact) mass is 228 g/mol. The van der Waals surface area contributed by atoms with Gasteiger partial charge in [0.05, 0.1) is 11.1 Å². The van der Waals surface area contributed by atoms with Crippen LogP contribution in [0.15, 0.2) is 0 Å². The summed E-state index contributed by atoms with van der Waals surface area (Å²) in [6.07, 6.45) is 2.26. The van der Waals surface area contributed by atoms with Crippen LogP contribution in [0.1, 0.15) is 30.5 Å². The third-order valence-corrected chi connectivity index (χ3v) is 3.68. The van der Waals surface area contributed by atoms with Gasteiger partial charge >= 0.3 is 5.97 Å². The molecule has 1 saturated carbocycles. The zero-order chi connectivity index (χ0) is 11.2. The van der Waals surface area contributed by atoms with Crippen LogP contribution in [0.25, 0.3) is 0 Å². The van der Waals surface area contributed by atoms with Gasteiger partial charge in [-0.3, -0.25) is 9.48 Å². The Bertz CT molecular complexity index is 421. The standard InChI is InChI=1S/C10H13ClN2O2/c1-6-7(8(11)13(2)12-6)10(9(14)15)4-3-5-10/h3-5H2,1-2H3,(H,14,15). The molecule has 2 rings (SSSR count). The number of carboxylic acid groups (broad SMARTS) is 1. The van der Waals surface area contributed by atoms with Crippen molar-refractivity contribution in [1.29, 1.82) is 0 Å². The first-order valence-electron chi connectivity index (χ1n) is 4.92. The number of halogens is 1. The molecule has 1 aliphatic carbocycles. The SMILES string of the molecule is Cc1nn(C)c(Cl)c1C1(C(=O)O)CCC1. The van der Waals surface area contributed by atoms with Crippen molar-refractivity contribution in [2.24, 2.45) is 7.05 Å². The van der Waals surface area contributed by atoms with Crippen molar-refractivity contribution in [1.82, 2.24) is 9.78 Å². The van der Waals surface area contributed by atoms with Gasteiger partial charge in [0, 0.05) is 12.6 Å². The average Bonchev–Trinajstić information content (AvgIpc) is 2.29. The minimum absolute atomic E-state index is 0.453. The summed E-state index contributed by atoms with van der Waals surface area (Å²) < 4.78 is 1.54. The Morgan fingerprint density at radius 2 is 2.20 bits per heavy atom. The zero-order valence-corrected chi connectivity index (χ0v) is 9.51. The van der Waals surface area contributed by atoms with Gasteiger partial charge in [0.1, 0.15) is 5.15 Å². The van der Waals surface area contributed by atoms with Crippen LogP contribution in [0.3, 0.4) is 0 Å². The first kappa shape index (κ1) is 10.5. The Morgan fingerprint density at radius 1 is 1.60 bits per heavy atom. The normalized spacial score (nSPS) is 18.6. The number of hydrogen-bond acceptors (Lipinski definition) is 2. The largest absolute Gasteiger partial charge is 0.481 e. The van der Waals surface area contributed by atoms with Gasteiger partial charge in [0.15, 0.2) is 0 Å². The second kappa shape index (κ2) is 3.23. The number of aromatic nitrogens is 2. The first-order chi connectivity index (χ1) is 6.99. The lowest BCUT2D eigenvalue weighted by molar-refractivity contribution is -0.147. The highest BCUT2D eigenvalue weighted by molar-refractivity contribution is 6.30. The molecular weight excluding hydrogens is 216 g/mol. The molecule has 1 heterocycles. The van der Waals surface area contributed by atoms with E-state index in [1.54, 1.807) is 7.05 Å². The van der Waals surface area contributed by atoms with Crippen molar-refractivity contribution in [3.8, 4) is 0 Å². The summed E-state index contributed by atoms with van der Waals surface area (Å²) in [6.45, 7) is 1.81. The maximum atomic E-state index is 11.3. The molecule has 0 bridgehead atoms. The molecule has 0 aromatic carbocycles. The number of hydrogen-bond donors (Lipinski definition) is 1. The van der Waals surface area contributed by atoms with Crippen molar-refractivity contribution in [2.45, 2.75) is 31.6 Å². The van der Waals surface area contributed by atoms with Crippen molar-refractivity contribution < 1.29 is 9.90 Å². The third kappa shape index (κ3) is 1.28. The molecule has 5 heteroatoms. The molecule has 0 saturated heterocycles. The predicted octanol–water partition coefficient (Wildman–Crippen LogP) is 1.89. The van der Waals surface area contributed by atoms with E-state index in [1.165, 1.54) is 4.68 Å². The highest BCUT2D eigenvalue weighted by Gasteiger charge is 2.49. The molecule has 0 radical (unpaired) electrons. The second-order valence-corrected chi connectivity index (χ2v) is 4.47. The topological polar surface area (TPSA) is 55.1 Å². The molecule has 0 spiro atoms. The predicted molar refractivity (Wildman–Crippen MR) is 56.1 cm³/mol. The smallest absolute Gasteiger partial charge is 0.314 e. The number of aryl methyl sites for hydroxylation is 2. The molecule has 82 valence electrons. The van der Waals surface area contributed by atoms with Crippen LogP contribution in [0.5, 0.6) is 0 Å². The van der Waals surface area contributed by atoms with E-state index in [4.69, 9.17) is 11.6 Å². The van der Waals surface area contributed by atoms with Crippen molar-refractivity contribution in [3.05, 3.63) is 16.4 Å². The van der Waals surface area contributed by atoms with E-state index in [0.717, 1.165) is 12.1 Å². The zero-order valence-electron chi connectivity index (χ0n) is 8.75. The molecule has 0 unspecified atom stereocenters. The molecule has 0 aliphatic heterocycles. The van der Waals surface area contributed by atoms with Gasteiger partial charge in [-0.2, -0.15) is 5.10 Å². The van der Waals surface area contributed by atoms with Gasteiger partial charge in [-0.15, -0.1) is 0 Å². The molecule has 1 aromatic rings. The fraction of sp³-hybridized carbons (Fsp3) is 0.600. The first-order valence-corrected chi connectivity index (χ1v) is 5.30. The van der Waals surface area contributed by atoms with Crippen LogP contribution in [0.2, 0.25) is 5.15 Å². The van der Waals surface area contributed by atoms with E-state index in [1.807, 2.05) is 6.92 Å². The van der Waals surface area contributed by atoms with Crippen molar-refractivity contribution in [3.63, 3.8) is 0 Å². The lowest BCUT2D eigenvalue weighted by Crippen LogP contribution is -2.42. The Kier molecular flexibility index (Phi) is 2.26. The fourth-order valence-corrected chi connectivity index (χ4v) is 2.63. The molecule has 0 atom stereocenters. The minimum Gasteiger partial charge on any atom is -0.481 e. The molecule has 1 aromatic heterocycles. The summed E-state index contributed by atoms with van der Waals surface area (Å²) in [5.41, 5.74) is 0.644. The second-order valence-electron chi connectivity index (χ2n) is 4.12. The van der Waals surface area contributed by atoms with Gasteiger partial charge in [-0.05, 0) is 19.8 Å². The number of carboxylic acids is 1. The molecule has 1 N–H and O–H groups in total. The number of aliphatic carboxylic acids is 1. The molecule has 1 fully saturated rings. The quantitative estimate of drug-likeness (QED) is 0.841. The van der Waals surface area contributed by atoms with E-state index >= 15 is 0 Å². The summed E-state index contributed by atoms with van der Waals surface area (Å²) in [5.74, 6) is -0.785. The molecule has 4 nitrogen and oxygen atoms in total. The fourth-order valence-electron chi connectivity index (χ4n) is 2.27. The Balaban J connectivity index is 2.57. The average molecular weight is 229 g/mol. The molecule has 1 aliphatic rings. The highest BCUT2D eigenvalue weighted by atomic mass is 35.5. The van der Waals surface area contributed by atoms with Crippen LogP contribution >= 0.6 is 11.6 Å². The van der Waals surface area contributed by atoms with E-state index < -0.39 is 11.4 Å². The van der Waals surface area contributed by atoms with E-state index in [0.29, 0.717) is 23.6 Å². The molecular formula is C10H13ClN2O2. The van der Waals surface area contributed by atoms with Crippen LogP contribution in [-0.4, -0.2) is 20.9 Å². The summed E-state index contributed by atoms with van der Waals surface area (Å²) in [7, 11) is 1.73. The van der Waals surface area contributed by atoms with E-state index in [9.17, 15) is 9.90 Å². The number of nitrogens with zero attached hydrogens (tertiary/aromatic N) is 2. The lowest BCUT2D eigenvalue weighted by Gasteiger charge is -2.37. The Labute approximate surface area is 92.8 Å². The Morgan fingerprint density at radius 3 is 2.47 bits per heavy atom. The Hall–Kier alpha value is -1.03. The number of rotatable bonds is 2. The third-order valence-electron chi connectivity index (χ3n) is 3.25. The summed E-state index contributed by atoms with van der Waals surface area (Å²) in [5, 5.41) is 13.9. The summed E-state index contributed by atoms with van der Waals surface area (Å²) in [4.78, 5) is 11.3. The van der Waals surface area contributed by atoms with Crippen LogP contribution in [0.4, 0.5) is 0 Å². The maximum absolute atomic E-state index is 11.3. The van der Waals surface area contributed by atoms with Gasteiger partial charge in [-0.25, -0.2) is 0 Å². The summed E-state index contributed by atoms with van der Waals surface area (Å²) >= 11 is 6.09. The molecule has 0 amide bonds. The van der Waals surface area contributed by atoms with Gasteiger partial charge in [-0.1, -0.05) is 18.0 Å².